The summed E-state index contributed by atoms with van der Waals surface area (Å²) in [5.41, 5.74) is 0. The van der Waals surface area contributed by atoms with Crippen LogP contribution < -0.4 is 4.90 Å². The van der Waals surface area contributed by atoms with E-state index in [2.05, 4.69) is 24.7 Å². The van der Waals surface area contributed by atoms with Gasteiger partial charge in [-0.05, 0) is 38.0 Å². The Morgan fingerprint density at radius 3 is 2.62 bits per heavy atom. The lowest BCUT2D eigenvalue weighted by molar-refractivity contribution is 0.0367. The molecular formula is C19H31N5OS. The van der Waals surface area contributed by atoms with Gasteiger partial charge in [0.1, 0.15) is 5.82 Å². The van der Waals surface area contributed by atoms with Crippen LogP contribution in [0.2, 0.25) is 0 Å². The van der Waals surface area contributed by atoms with Gasteiger partial charge in [0, 0.05) is 64.7 Å². The Morgan fingerprint density at radius 2 is 1.92 bits per heavy atom. The molecule has 6 nitrogen and oxygen atoms in total. The number of rotatable bonds is 5. The number of piperazine rings is 1. The summed E-state index contributed by atoms with van der Waals surface area (Å²) in [6.45, 7) is 9.12. The van der Waals surface area contributed by atoms with Gasteiger partial charge in [0.25, 0.3) is 0 Å². The molecule has 3 fully saturated rings. The van der Waals surface area contributed by atoms with Crippen LogP contribution in [-0.4, -0.2) is 90.6 Å². The second-order valence-electron chi connectivity index (χ2n) is 7.59. The van der Waals surface area contributed by atoms with Crippen molar-refractivity contribution in [1.82, 2.24) is 19.8 Å². The van der Waals surface area contributed by atoms with Crippen LogP contribution in [0.3, 0.4) is 0 Å². The zero-order valence-electron chi connectivity index (χ0n) is 15.8. The summed E-state index contributed by atoms with van der Waals surface area (Å²) in [7, 11) is 0. The molecule has 0 aliphatic carbocycles. The Bertz CT molecular complexity index is 567. The highest BCUT2D eigenvalue weighted by atomic mass is 32.2. The molecule has 3 aliphatic rings. The monoisotopic (exact) mass is 377 g/mol. The van der Waals surface area contributed by atoms with Crippen LogP contribution in [0.4, 0.5) is 5.82 Å². The van der Waals surface area contributed by atoms with E-state index >= 15 is 0 Å². The Hall–Kier alpha value is -0.890. The van der Waals surface area contributed by atoms with E-state index in [0.29, 0.717) is 6.10 Å². The molecule has 1 aromatic rings. The van der Waals surface area contributed by atoms with Gasteiger partial charge in [-0.3, -0.25) is 9.80 Å². The highest BCUT2D eigenvalue weighted by molar-refractivity contribution is 7.98. The van der Waals surface area contributed by atoms with Gasteiger partial charge in [-0.2, -0.15) is 0 Å². The first kappa shape index (κ1) is 18.5. The van der Waals surface area contributed by atoms with Crippen LogP contribution in [0, 0.1) is 0 Å². The molecule has 26 heavy (non-hydrogen) atoms. The molecule has 0 spiro atoms. The van der Waals surface area contributed by atoms with Crippen molar-refractivity contribution in [2.75, 3.05) is 63.6 Å². The number of piperidine rings is 1. The maximum atomic E-state index is 5.80. The van der Waals surface area contributed by atoms with Gasteiger partial charge < -0.3 is 9.64 Å². The zero-order chi connectivity index (χ0) is 17.8. The van der Waals surface area contributed by atoms with Crippen molar-refractivity contribution in [2.24, 2.45) is 0 Å². The van der Waals surface area contributed by atoms with E-state index in [1.807, 2.05) is 18.5 Å². The molecule has 4 rings (SSSR count). The highest BCUT2D eigenvalue weighted by Gasteiger charge is 2.29. The molecule has 0 saturated carbocycles. The lowest BCUT2D eigenvalue weighted by Gasteiger charge is -2.43. The van der Waals surface area contributed by atoms with E-state index in [0.717, 1.165) is 43.3 Å². The van der Waals surface area contributed by atoms with Crippen LogP contribution in [-0.2, 0) is 4.74 Å². The lowest BCUT2D eigenvalue weighted by atomic mass is 10.0. The summed E-state index contributed by atoms with van der Waals surface area (Å²) >= 11 is 1.61. The molecule has 3 saturated heterocycles. The lowest BCUT2D eigenvalue weighted by Crippen LogP contribution is -2.54. The number of ether oxygens (including phenoxy) is 1. The second-order valence-corrected chi connectivity index (χ2v) is 8.36. The summed E-state index contributed by atoms with van der Waals surface area (Å²) in [5, 5.41) is 0.868. The molecule has 3 aliphatic heterocycles. The predicted octanol–water partition coefficient (Wildman–Crippen LogP) is 1.96. The fraction of sp³-hybridized carbons (Fsp3) is 0.789. The van der Waals surface area contributed by atoms with Crippen LogP contribution in [0.15, 0.2) is 17.4 Å². The number of hydrogen-bond acceptors (Lipinski definition) is 7. The fourth-order valence-electron chi connectivity index (χ4n) is 4.45. The minimum atomic E-state index is 0.490. The maximum Gasteiger partial charge on any atom is 0.189 e. The van der Waals surface area contributed by atoms with E-state index < -0.39 is 0 Å². The van der Waals surface area contributed by atoms with Crippen molar-refractivity contribution >= 4 is 17.6 Å². The molecule has 1 aromatic heterocycles. The largest absolute Gasteiger partial charge is 0.377 e. The molecule has 0 amide bonds. The van der Waals surface area contributed by atoms with E-state index in [1.165, 1.54) is 51.9 Å². The van der Waals surface area contributed by atoms with Crippen LogP contribution >= 0.6 is 11.8 Å². The first-order valence-corrected chi connectivity index (χ1v) is 11.2. The normalized spacial score (nSPS) is 26.5. The van der Waals surface area contributed by atoms with Crippen LogP contribution in [0.1, 0.15) is 25.7 Å². The van der Waals surface area contributed by atoms with Gasteiger partial charge in [0.2, 0.25) is 0 Å². The van der Waals surface area contributed by atoms with Gasteiger partial charge in [0.05, 0.1) is 6.10 Å². The third-order valence-corrected chi connectivity index (χ3v) is 6.56. The molecule has 0 unspecified atom stereocenters. The third-order valence-electron chi connectivity index (χ3n) is 6.00. The first-order chi connectivity index (χ1) is 12.8. The average molecular weight is 378 g/mol. The summed E-state index contributed by atoms with van der Waals surface area (Å²) < 4.78 is 5.80. The molecule has 0 aromatic carbocycles. The molecule has 7 heteroatoms. The molecule has 144 valence electrons. The number of anilines is 1. The smallest absolute Gasteiger partial charge is 0.189 e. The van der Waals surface area contributed by atoms with Crippen molar-refractivity contribution in [1.29, 1.82) is 0 Å². The predicted molar refractivity (Wildman–Crippen MR) is 106 cm³/mol. The summed E-state index contributed by atoms with van der Waals surface area (Å²) in [6, 6.07) is 2.78. The first-order valence-electron chi connectivity index (χ1n) is 10.0. The number of thioether (sulfide) groups is 1. The van der Waals surface area contributed by atoms with E-state index in [1.54, 1.807) is 11.8 Å². The molecule has 0 N–H and O–H groups in total. The number of hydrogen-bond donors (Lipinski definition) is 0. The highest BCUT2D eigenvalue weighted by Crippen LogP contribution is 2.23. The van der Waals surface area contributed by atoms with Crippen molar-refractivity contribution in [3.8, 4) is 0 Å². The van der Waals surface area contributed by atoms with E-state index in [-0.39, 0.29) is 0 Å². The van der Waals surface area contributed by atoms with Crippen molar-refractivity contribution in [3.63, 3.8) is 0 Å². The summed E-state index contributed by atoms with van der Waals surface area (Å²) in [4.78, 5) is 16.7. The van der Waals surface area contributed by atoms with Crippen LogP contribution in [0.5, 0.6) is 0 Å². The van der Waals surface area contributed by atoms with Crippen LogP contribution in [0.25, 0.3) is 0 Å². The molecule has 4 heterocycles. The Kier molecular flexibility index (Phi) is 6.30. The standard InChI is InChI=1S/C19H31N5OS/c1-26-19-20-7-4-18(21-19)24-8-5-16(6-9-24)23-12-10-22(11-13-23)15-17-3-2-14-25-17/h4,7,16-17H,2-3,5-6,8-15H2,1H3/t17-/m1/s1. The van der Waals surface area contributed by atoms with E-state index in [9.17, 15) is 0 Å². The van der Waals surface area contributed by atoms with Gasteiger partial charge in [-0.1, -0.05) is 11.8 Å². The Labute approximate surface area is 161 Å². The zero-order valence-corrected chi connectivity index (χ0v) is 16.7. The number of nitrogens with zero attached hydrogens (tertiary/aromatic N) is 5. The quantitative estimate of drug-likeness (QED) is 0.574. The van der Waals surface area contributed by atoms with Crippen molar-refractivity contribution in [2.45, 2.75) is 43.0 Å². The summed E-state index contributed by atoms with van der Waals surface area (Å²) in [6.07, 6.45) is 9.38. The maximum absolute atomic E-state index is 5.80. The third kappa shape index (κ3) is 4.50. The molecule has 0 radical (unpaired) electrons. The van der Waals surface area contributed by atoms with Gasteiger partial charge in [-0.25, -0.2) is 9.97 Å². The minimum Gasteiger partial charge on any atom is -0.377 e. The number of aromatic nitrogens is 2. The fourth-order valence-corrected chi connectivity index (χ4v) is 4.80. The SMILES string of the molecule is CSc1nccc(N2CCC(N3CCN(C[C@H]4CCCO4)CC3)CC2)n1. The van der Waals surface area contributed by atoms with Gasteiger partial charge in [-0.15, -0.1) is 0 Å². The Morgan fingerprint density at radius 1 is 1.12 bits per heavy atom. The van der Waals surface area contributed by atoms with Crippen molar-refractivity contribution in [3.05, 3.63) is 12.3 Å². The molecule has 0 bridgehead atoms. The topological polar surface area (TPSA) is 44.7 Å². The van der Waals surface area contributed by atoms with Crippen molar-refractivity contribution < 1.29 is 4.74 Å². The second kappa shape index (κ2) is 8.87. The summed E-state index contributed by atoms with van der Waals surface area (Å²) in [5.74, 6) is 1.09. The average Bonchev–Trinajstić information content (AvgIpc) is 3.22. The minimum absolute atomic E-state index is 0.490. The molecular weight excluding hydrogens is 346 g/mol. The van der Waals surface area contributed by atoms with Gasteiger partial charge >= 0.3 is 0 Å². The molecule has 1 atom stereocenters. The van der Waals surface area contributed by atoms with Gasteiger partial charge in [0.15, 0.2) is 5.16 Å². The Balaban J connectivity index is 1.22. The van der Waals surface area contributed by atoms with E-state index in [4.69, 9.17) is 4.74 Å².